The normalized spacial score (nSPS) is 11.1. The fourth-order valence-electron chi connectivity index (χ4n) is 1.77. The molecule has 0 heterocycles. The molecule has 2 aromatic carbocycles. The highest BCUT2D eigenvalue weighted by Crippen LogP contribution is 2.22. The monoisotopic (exact) mass is 306 g/mol. The van der Waals surface area contributed by atoms with E-state index in [0.717, 1.165) is 11.6 Å². The first-order valence-electron chi connectivity index (χ1n) is 6.02. The van der Waals surface area contributed by atoms with Crippen LogP contribution in [0.25, 0.3) is 0 Å². The van der Waals surface area contributed by atoms with Crippen molar-refractivity contribution in [3.63, 3.8) is 0 Å². The first kappa shape index (κ1) is 14.9. The van der Waals surface area contributed by atoms with Gasteiger partial charge in [-0.1, -0.05) is 17.7 Å². The molecule has 0 saturated heterocycles. The molecule has 21 heavy (non-hydrogen) atoms. The average molecular weight is 306 g/mol. The van der Waals surface area contributed by atoms with E-state index in [2.05, 4.69) is 4.72 Å². The van der Waals surface area contributed by atoms with Crippen molar-refractivity contribution in [2.24, 2.45) is 0 Å². The molecular weight excluding hydrogens is 292 g/mol. The van der Waals surface area contributed by atoms with Crippen molar-refractivity contribution in [3.05, 3.63) is 53.6 Å². The number of nitrogens with one attached hydrogen (secondary N) is 1. The number of hydrogen-bond donors (Lipinski definition) is 3. The van der Waals surface area contributed by atoms with Crippen molar-refractivity contribution in [2.45, 2.75) is 11.8 Å². The van der Waals surface area contributed by atoms with Crippen molar-refractivity contribution < 1.29 is 18.3 Å². The minimum absolute atomic E-state index is 0.171. The molecule has 0 fully saturated rings. The first-order valence-corrected chi connectivity index (χ1v) is 7.50. The highest BCUT2D eigenvalue weighted by Gasteiger charge is 2.22. The quantitative estimate of drug-likeness (QED) is 0.749. The third-order valence-electron chi connectivity index (χ3n) is 2.83. The number of rotatable bonds is 4. The van der Waals surface area contributed by atoms with Gasteiger partial charge in [0.05, 0.1) is 5.56 Å². The van der Waals surface area contributed by atoms with Crippen LogP contribution in [0, 0.1) is 6.92 Å². The number of benzene rings is 2. The highest BCUT2D eigenvalue weighted by atomic mass is 32.2. The van der Waals surface area contributed by atoms with Gasteiger partial charge in [0.15, 0.2) is 0 Å². The minimum Gasteiger partial charge on any atom is -0.478 e. The lowest BCUT2D eigenvalue weighted by molar-refractivity contribution is 0.0692. The molecule has 0 spiro atoms. The maximum absolute atomic E-state index is 12.3. The fourth-order valence-corrected chi connectivity index (χ4v) is 3.06. The topological polar surface area (TPSA) is 109 Å². The van der Waals surface area contributed by atoms with Crippen molar-refractivity contribution in [1.29, 1.82) is 0 Å². The molecule has 4 N–H and O–H groups in total. The molecule has 7 heteroatoms. The second-order valence-corrected chi connectivity index (χ2v) is 6.18. The van der Waals surface area contributed by atoms with Crippen LogP contribution in [0.5, 0.6) is 0 Å². The van der Waals surface area contributed by atoms with E-state index in [9.17, 15) is 13.2 Å². The maximum Gasteiger partial charge on any atom is 0.337 e. The zero-order valence-corrected chi connectivity index (χ0v) is 12.0. The number of carbonyl (C=O) groups is 1. The summed E-state index contributed by atoms with van der Waals surface area (Å²) in [5.74, 6) is -1.33. The van der Waals surface area contributed by atoms with Gasteiger partial charge in [-0.3, -0.25) is 4.72 Å². The second kappa shape index (κ2) is 5.45. The Hall–Kier alpha value is -2.54. The van der Waals surface area contributed by atoms with Gasteiger partial charge < -0.3 is 10.8 Å². The number of sulfonamides is 1. The lowest BCUT2D eigenvalue weighted by atomic mass is 10.2. The van der Waals surface area contributed by atoms with Gasteiger partial charge in [0.25, 0.3) is 10.0 Å². The lowest BCUT2D eigenvalue weighted by Crippen LogP contribution is -2.17. The van der Waals surface area contributed by atoms with Crippen molar-refractivity contribution in [3.8, 4) is 0 Å². The fraction of sp³-hybridized carbons (Fsp3) is 0.0714. The largest absolute Gasteiger partial charge is 0.478 e. The Bertz CT molecular complexity index is 783. The molecule has 110 valence electrons. The van der Waals surface area contributed by atoms with Crippen molar-refractivity contribution in [2.75, 3.05) is 10.5 Å². The Balaban J connectivity index is 2.46. The van der Waals surface area contributed by atoms with Gasteiger partial charge in [-0.25, -0.2) is 13.2 Å². The standard InChI is InChI=1S/C14H14N2O4S/c1-9-2-5-11(6-3-9)16-21(19,20)13-8-10(15)4-7-12(13)14(17)18/h2-8,16H,15H2,1H3,(H,17,18). The summed E-state index contributed by atoms with van der Waals surface area (Å²) in [7, 11) is -4.04. The summed E-state index contributed by atoms with van der Waals surface area (Å²) in [6.07, 6.45) is 0. The number of carboxylic acids is 1. The van der Waals surface area contributed by atoms with E-state index >= 15 is 0 Å². The molecule has 0 amide bonds. The van der Waals surface area contributed by atoms with E-state index in [0.29, 0.717) is 5.69 Å². The maximum atomic E-state index is 12.3. The Morgan fingerprint density at radius 1 is 1.14 bits per heavy atom. The van der Waals surface area contributed by atoms with Crippen LogP contribution in [0.4, 0.5) is 11.4 Å². The summed E-state index contributed by atoms with van der Waals surface area (Å²) in [6, 6.07) is 10.3. The molecule has 6 nitrogen and oxygen atoms in total. The summed E-state index contributed by atoms with van der Waals surface area (Å²) < 4.78 is 27.0. The smallest absolute Gasteiger partial charge is 0.337 e. The van der Waals surface area contributed by atoms with Gasteiger partial charge in [-0.15, -0.1) is 0 Å². The molecule has 0 aliphatic rings. The Morgan fingerprint density at radius 3 is 2.33 bits per heavy atom. The number of nitrogen functional groups attached to an aromatic ring is 1. The van der Waals surface area contributed by atoms with Crippen LogP contribution in [-0.2, 0) is 10.0 Å². The van der Waals surface area contributed by atoms with Crippen LogP contribution < -0.4 is 10.5 Å². The summed E-state index contributed by atoms with van der Waals surface area (Å²) in [5, 5.41) is 9.09. The molecule has 0 bridgehead atoms. The van der Waals surface area contributed by atoms with E-state index < -0.39 is 16.0 Å². The summed E-state index contributed by atoms with van der Waals surface area (Å²) in [6.45, 7) is 1.87. The Morgan fingerprint density at radius 2 is 1.76 bits per heavy atom. The third kappa shape index (κ3) is 3.32. The number of hydrogen-bond acceptors (Lipinski definition) is 4. The van der Waals surface area contributed by atoms with Gasteiger partial charge in [-0.2, -0.15) is 0 Å². The van der Waals surface area contributed by atoms with Gasteiger partial charge in [0.2, 0.25) is 0 Å². The predicted octanol–water partition coefficient (Wildman–Crippen LogP) is 2.08. The van der Waals surface area contributed by atoms with Gasteiger partial charge in [0, 0.05) is 11.4 Å². The average Bonchev–Trinajstić information content (AvgIpc) is 2.41. The van der Waals surface area contributed by atoms with Gasteiger partial charge in [-0.05, 0) is 37.3 Å². The van der Waals surface area contributed by atoms with Crippen molar-refractivity contribution in [1.82, 2.24) is 0 Å². The SMILES string of the molecule is Cc1ccc(NS(=O)(=O)c2cc(N)ccc2C(=O)O)cc1. The molecule has 0 saturated carbocycles. The van der Waals surface area contributed by atoms with Crippen molar-refractivity contribution >= 4 is 27.4 Å². The molecule has 2 rings (SSSR count). The van der Waals surface area contributed by atoms with E-state index in [1.54, 1.807) is 24.3 Å². The van der Waals surface area contributed by atoms with Crippen LogP contribution in [0.2, 0.25) is 0 Å². The molecule has 2 aromatic rings. The molecule has 0 atom stereocenters. The molecule has 0 radical (unpaired) electrons. The molecule has 0 unspecified atom stereocenters. The van der Waals surface area contributed by atoms with Gasteiger partial charge in [0.1, 0.15) is 4.90 Å². The number of anilines is 2. The van der Waals surface area contributed by atoms with Crippen LogP contribution in [0.1, 0.15) is 15.9 Å². The molecule has 0 aromatic heterocycles. The Labute approximate surface area is 122 Å². The highest BCUT2D eigenvalue weighted by molar-refractivity contribution is 7.92. The predicted molar refractivity (Wildman–Crippen MR) is 79.8 cm³/mol. The van der Waals surface area contributed by atoms with Crippen LogP contribution in [-0.4, -0.2) is 19.5 Å². The summed E-state index contributed by atoms with van der Waals surface area (Å²) in [4.78, 5) is 10.8. The number of aromatic carboxylic acids is 1. The third-order valence-corrected chi connectivity index (χ3v) is 4.25. The lowest BCUT2D eigenvalue weighted by Gasteiger charge is -2.11. The van der Waals surface area contributed by atoms with E-state index in [-0.39, 0.29) is 16.1 Å². The van der Waals surface area contributed by atoms with Crippen LogP contribution in [0.3, 0.4) is 0 Å². The van der Waals surface area contributed by atoms with E-state index in [1.165, 1.54) is 12.1 Å². The van der Waals surface area contributed by atoms with Crippen LogP contribution in [0.15, 0.2) is 47.4 Å². The molecular formula is C14H14N2O4S. The minimum atomic E-state index is -4.04. The molecule has 0 aliphatic carbocycles. The van der Waals surface area contributed by atoms with E-state index in [4.69, 9.17) is 10.8 Å². The van der Waals surface area contributed by atoms with Crippen LogP contribution >= 0.6 is 0 Å². The number of nitrogens with two attached hydrogens (primary N) is 1. The number of carboxylic acid groups (broad SMARTS) is 1. The zero-order chi connectivity index (χ0) is 15.6. The van der Waals surface area contributed by atoms with E-state index in [1.807, 2.05) is 6.92 Å². The first-order chi connectivity index (χ1) is 9.79. The zero-order valence-electron chi connectivity index (χ0n) is 11.2. The number of aryl methyl sites for hydroxylation is 1. The summed E-state index contributed by atoms with van der Waals surface area (Å²) >= 11 is 0. The van der Waals surface area contributed by atoms with Gasteiger partial charge >= 0.3 is 5.97 Å². The molecule has 0 aliphatic heterocycles. The summed E-state index contributed by atoms with van der Waals surface area (Å²) in [5.41, 5.74) is 6.72. The second-order valence-electron chi connectivity index (χ2n) is 4.53. The Kier molecular flexibility index (Phi) is 3.86.